The molecule has 2 rings (SSSR count). The summed E-state index contributed by atoms with van der Waals surface area (Å²) in [5.41, 5.74) is -0.00950. The second kappa shape index (κ2) is 7.25. The maximum atomic E-state index is 11.9. The third kappa shape index (κ3) is 3.76. The zero-order valence-corrected chi connectivity index (χ0v) is 13.1. The van der Waals surface area contributed by atoms with E-state index in [9.17, 15) is 4.79 Å². The minimum atomic E-state index is -0.646. The first-order chi connectivity index (χ1) is 11.1. The van der Waals surface area contributed by atoms with Gasteiger partial charge in [-0.25, -0.2) is 9.78 Å². The van der Waals surface area contributed by atoms with Crippen LogP contribution in [-0.4, -0.2) is 49.3 Å². The van der Waals surface area contributed by atoms with E-state index < -0.39 is 5.97 Å². The Morgan fingerprint density at radius 2 is 1.70 bits per heavy atom. The molecule has 0 spiro atoms. The Kier molecular flexibility index (Phi) is 5.13. The summed E-state index contributed by atoms with van der Waals surface area (Å²) in [4.78, 5) is 24.0. The van der Waals surface area contributed by atoms with Gasteiger partial charge in [0.25, 0.3) is 0 Å². The third-order valence-electron chi connectivity index (χ3n) is 2.77. The normalized spacial score (nSPS) is 9.91. The maximum absolute atomic E-state index is 11.9. The van der Waals surface area contributed by atoms with E-state index in [4.69, 9.17) is 18.9 Å². The number of ether oxygens (including phenoxy) is 4. The molecule has 0 unspecified atom stereocenters. The number of hydrogen-bond donors (Lipinski definition) is 1. The van der Waals surface area contributed by atoms with Crippen molar-refractivity contribution in [3.8, 4) is 23.5 Å². The molecule has 0 amide bonds. The first kappa shape index (κ1) is 16.3. The van der Waals surface area contributed by atoms with Gasteiger partial charge in [0.05, 0.1) is 27.4 Å². The van der Waals surface area contributed by atoms with E-state index in [1.54, 1.807) is 19.2 Å². The summed E-state index contributed by atoms with van der Waals surface area (Å²) >= 11 is 0. The van der Waals surface area contributed by atoms with Crippen LogP contribution < -0.4 is 19.5 Å². The summed E-state index contributed by atoms with van der Waals surface area (Å²) < 4.78 is 20.3. The summed E-state index contributed by atoms with van der Waals surface area (Å²) in [5.74, 6) is 0.498. The summed E-state index contributed by atoms with van der Waals surface area (Å²) in [6.45, 7) is 0. The average Bonchev–Trinajstić information content (AvgIpc) is 2.60. The number of pyridine rings is 1. The monoisotopic (exact) mass is 320 g/mol. The summed E-state index contributed by atoms with van der Waals surface area (Å²) in [7, 11) is 5.84. The van der Waals surface area contributed by atoms with Crippen molar-refractivity contribution in [3.63, 3.8) is 0 Å². The van der Waals surface area contributed by atoms with Crippen LogP contribution in [0.5, 0.6) is 23.5 Å². The molecule has 23 heavy (non-hydrogen) atoms. The second-order valence-corrected chi connectivity index (χ2v) is 4.12. The van der Waals surface area contributed by atoms with Gasteiger partial charge >= 0.3 is 12.0 Å². The number of anilines is 1. The molecule has 2 aromatic rings. The molecule has 0 aromatic carbocycles. The number of carbonyl (C=O) groups is 1. The number of carbonyl (C=O) groups excluding carboxylic acids is 1. The Morgan fingerprint density at radius 3 is 2.22 bits per heavy atom. The third-order valence-corrected chi connectivity index (χ3v) is 2.77. The largest absolute Gasteiger partial charge is 0.481 e. The lowest BCUT2D eigenvalue weighted by Crippen LogP contribution is -2.09. The molecular weight excluding hydrogens is 304 g/mol. The maximum Gasteiger partial charge on any atom is 0.360 e. The van der Waals surface area contributed by atoms with E-state index in [-0.39, 0.29) is 29.2 Å². The van der Waals surface area contributed by atoms with Crippen LogP contribution in [0.4, 0.5) is 5.82 Å². The van der Waals surface area contributed by atoms with Gasteiger partial charge in [-0.3, -0.25) is 0 Å². The molecule has 0 saturated heterocycles. The molecule has 9 nitrogen and oxygen atoms in total. The highest BCUT2D eigenvalue weighted by Gasteiger charge is 2.18. The molecule has 0 bridgehead atoms. The Balaban J connectivity index is 2.41. The van der Waals surface area contributed by atoms with Crippen molar-refractivity contribution in [2.75, 3.05) is 33.7 Å². The first-order valence-corrected chi connectivity index (χ1v) is 6.53. The van der Waals surface area contributed by atoms with Crippen molar-refractivity contribution in [1.29, 1.82) is 0 Å². The van der Waals surface area contributed by atoms with Crippen molar-refractivity contribution >= 4 is 11.8 Å². The fourth-order valence-electron chi connectivity index (χ4n) is 1.65. The second-order valence-electron chi connectivity index (χ2n) is 4.12. The van der Waals surface area contributed by atoms with Crippen LogP contribution in [0.25, 0.3) is 0 Å². The van der Waals surface area contributed by atoms with Gasteiger partial charge in [-0.05, 0) is 12.1 Å². The van der Waals surface area contributed by atoms with Gasteiger partial charge in [0.1, 0.15) is 5.82 Å². The smallest absolute Gasteiger partial charge is 0.360 e. The fourth-order valence-corrected chi connectivity index (χ4v) is 1.65. The molecular formula is C14H16N4O5. The lowest BCUT2D eigenvalue weighted by molar-refractivity contribution is 0.0591. The molecule has 0 aliphatic heterocycles. The lowest BCUT2D eigenvalue weighted by atomic mass is 10.3. The Labute approximate surface area is 132 Å². The molecule has 2 aromatic heterocycles. The van der Waals surface area contributed by atoms with Crippen molar-refractivity contribution in [2.45, 2.75) is 0 Å². The minimum absolute atomic E-state index is 0.00950. The number of nitrogens with zero attached hydrogens (tertiary/aromatic N) is 3. The molecule has 0 saturated carbocycles. The van der Waals surface area contributed by atoms with Crippen LogP contribution in [-0.2, 0) is 4.74 Å². The van der Waals surface area contributed by atoms with Gasteiger partial charge in [0.2, 0.25) is 11.8 Å². The van der Waals surface area contributed by atoms with Gasteiger partial charge in [-0.2, -0.15) is 9.97 Å². The zero-order chi connectivity index (χ0) is 16.8. The van der Waals surface area contributed by atoms with Crippen molar-refractivity contribution < 1.29 is 23.7 Å². The number of nitrogens with one attached hydrogen (secondary N) is 1. The van der Waals surface area contributed by atoms with Crippen LogP contribution in [0, 0.1) is 0 Å². The van der Waals surface area contributed by atoms with Gasteiger partial charge < -0.3 is 24.3 Å². The molecule has 1 N–H and O–H groups in total. The van der Waals surface area contributed by atoms with Crippen LogP contribution >= 0.6 is 0 Å². The van der Waals surface area contributed by atoms with Gasteiger partial charge in [0.15, 0.2) is 11.4 Å². The zero-order valence-electron chi connectivity index (χ0n) is 13.1. The predicted molar refractivity (Wildman–Crippen MR) is 80.3 cm³/mol. The van der Waals surface area contributed by atoms with E-state index >= 15 is 0 Å². The fraction of sp³-hybridized carbons (Fsp3) is 0.286. The van der Waals surface area contributed by atoms with Gasteiger partial charge in [0, 0.05) is 7.05 Å². The van der Waals surface area contributed by atoms with Crippen molar-refractivity contribution in [3.05, 3.63) is 23.9 Å². The summed E-state index contributed by atoms with van der Waals surface area (Å²) in [5, 5.41) is 2.83. The highest BCUT2D eigenvalue weighted by molar-refractivity contribution is 5.90. The minimum Gasteiger partial charge on any atom is -0.481 e. The van der Waals surface area contributed by atoms with Gasteiger partial charge in [-0.1, -0.05) is 0 Å². The highest BCUT2D eigenvalue weighted by atomic mass is 16.5. The Bertz CT molecular complexity index is 685. The topological polar surface area (TPSA) is 105 Å². The SMILES string of the molecule is CNc1ccc(Oc2nc(OC)cc(OC)n2)c(C(=O)OC)n1. The highest BCUT2D eigenvalue weighted by Crippen LogP contribution is 2.27. The van der Waals surface area contributed by atoms with Crippen molar-refractivity contribution in [2.24, 2.45) is 0 Å². The molecule has 0 aliphatic rings. The Morgan fingerprint density at radius 1 is 1.04 bits per heavy atom. The first-order valence-electron chi connectivity index (χ1n) is 6.53. The average molecular weight is 320 g/mol. The number of rotatable bonds is 6. The lowest BCUT2D eigenvalue weighted by Gasteiger charge is -2.10. The van der Waals surface area contributed by atoms with Crippen LogP contribution in [0.1, 0.15) is 10.5 Å². The molecule has 9 heteroatoms. The van der Waals surface area contributed by atoms with E-state index in [2.05, 4.69) is 20.3 Å². The molecule has 0 atom stereocenters. The summed E-state index contributed by atoms with van der Waals surface area (Å²) in [6.07, 6.45) is 0. The van der Waals surface area contributed by atoms with Crippen LogP contribution in [0.3, 0.4) is 0 Å². The molecule has 2 heterocycles. The molecule has 0 radical (unpaired) electrons. The molecule has 0 fully saturated rings. The van der Waals surface area contributed by atoms with Crippen molar-refractivity contribution in [1.82, 2.24) is 15.0 Å². The number of hydrogen-bond acceptors (Lipinski definition) is 9. The summed E-state index contributed by atoms with van der Waals surface area (Å²) in [6, 6.07) is 4.64. The number of aromatic nitrogens is 3. The van der Waals surface area contributed by atoms with E-state index in [1.807, 2.05) is 0 Å². The quantitative estimate of drug-likeness (QED) is 0.793. The number of methoxy groups -OCH3 is 3. The predicted octanol–water partition coefficient (Wildman–Crippen LogP) is 1.51. The van der Waals surface area contributed by atoms with Crippen LogP contribution in [0.15, 0.2) is 18.2 Å². The van der Waals surface area contributed by atoms with E-state index in [0.29, 0.717) is 5.82 Å². The van der Waals surface area contributed by atoms with E-state index in [1.165, 1.54) is 27.4 Å². The molecule has 122 valence electrons. The van der Waals surface area contributed by atoms with Gasteiger partial charge in [-0.15, -0.1) is 0 Å². The molecule has 0 aliphatic carbocycles. The van der Waals surface area contributed by atoms with E-state index in [0.717, 1.165) is 0 Å². The number of esters is 1. The Hall–Kier alpha value is -3.10. The standard InChI is InChI=1S/C14H16N4O5/c1-15-9-6-5-8(12(16-9)13(19)22-4)23-14-17-10(20-2)7-11(18-14)21-3/h5-7H,1-4H3,(H,15,16). The van der Waals surface area contributed by atoms with Crippen LogP contribution in [0.2, 0.25) is 0 Å².